The van der Waals surface area contributed by atoms with Crippen molar-refractivity contribution < 1.29 is 0 Å². The van der Waals surface area contributed by atoms with Crippen LogP contribution in [0, 0.1) is 0 Å². The maximum atomic E-state index is 5.66. The standard InChI is InChI=1S/C7H9N5S/c1-2-5-10-6(8)12(11-5)7-9-3-4-13-7/h3-4H,2H2,1H3,(H2,8,10,11). The van der Waals surface area contributed by atoms with Crippen LogP contribution in [0.25, 0.3) is 5.13 Å². The summed E-state index contributed by atoms with van der Waals surface area (Å²) in [6.45, 7) is 1.99. The van der Waals surface area contributed by atoms with Gasteiger partial charge in [-0.15, -0.1) is 16.4 Å². The Bertz CT molecular complexity index is 391. The molecule has 0 saturated carbocycles. The normalized spacial score (nSPS) is 10.5. The van der Waals surface area contributed by atoms with E-state index in [4.69, 9.17) is 5.73 Å². The summed E-state index contributed by atoms with van der Waals surface area (Å²) in [5.74, 6) is 1.14. The van der Waals surface area contributed by atoms with Gasteiger partial charge in [0.25, 0.3) is 0 Å². The number of aryl methyl sites for hydroxylation is 1. The molecule has 0 aliphatic rings. The fourth-order valence-electron chi connectivity index (χ4n) is 0.980. The van der Waals surface area contributed by atoms with Crippen LogP contribution in [0.15, 0.2) is 11.6 Å². The van der Waals surface area contributed by atoms with E-state index >= 15 is 0 Å². The summed E-state index contributed by atoms with van der Waals surface area (Å²) in [6, 6.07) is 0. The molecular weight excluding hydrogens is 186 g/mol. The molecular formula is C7H9N5S. The van der Waals surface area contributed by atoms with Crippen LogP contribution in [0.3, 0.4) is 0 Å². The Labute approximate surface area is 79.2 Å². The predicted molar refractivity (Wildman–Crippen MR) is 50.8 cm³/mol. The second-order valence-electron chi connectivity index (χ2n) is 2.47. The predicted octanol–water partition coefficient (Wildman–Crippen LogP) is 0.868. The minimum atomic E-state index is 0.395. The SMILES string of the molecule is CCc1nc(N)n(-c2nccs2)n1. The third-order valence-electron chi connectivity index (χ3n) is 1.59. The van der Waals surface area contributed by atoms with E-state index in [0.29, 0.717) is 5.95 Å². The van der Waals surface area contributed by atoms with Gasteiger partial charge in [-0.05, 0) is 0 Å². The van der Waals surface area contributed by atoms with Gasteiger partial charge in [-0.1, -0.05) is 6.92 Å². The van der Waals surface area contributed by atoms with Crippen molar-refractivity contribution in [2.45, 2.75) is 13.3 Å². The fraction of sp³-hybridized carbons (Fsp3) is 0.286. The quantitative estimate of drug-likeness (QED) is 0.771. The van der Waals surface area contributed by atoms with Gasteiger partial charge in [0.1, 0.15) is 0 Å². The van der Waals surface area contributed by atoms with Gasteiger partial charge in [-0.2, -0.15) is 9.67 Å². The van der Waals surface area contributed by atoms with E-state index in [9.17, 15) is 0 Å². The van der Waals surface area contributed by atoms with E-state index in [1.807, 2.05) is 12.3 Å². The van der Waals surface area contributed by atoms with Crippen molar-refractivity contribution in [1.82, 2.24) is 19.7 Å². The zero-order chi connectivity index (χ0) is 9.26. The van der Waals surface area contributed by atoms with Gasteiger partial charge >= 0.3 is 0 Å². The van der Waals surface area contributed by atoms with Crippen LogP contribution in [0.5, 0.6) is 0 Å². The lowest BCUT2D eigenvalue weighted by molar-refractivity contribution is 0.838. The van der Waals surface area contributed by atoms with E-state index in [-0.39, 0.29) is 0 Å². The first-order chi connectivity index (χ1) is 6.31. The van der Waals surface area contributed by atoms with E-state index in [0.717, 1.165) is 17.4 Å². The van der Waals surface area contributed by atoms with Crippen LogP contribution in [0.4, 0.5) is 5.95 Å². The van der Waals surface area contributed by atoms with Crippen molar-refractivity contribution in [3.05, 3.63) is 17.4 Å². The lowest BCUT2D eigenvalue weighted by atomic mass is 10.5. The molecule has 0 radical (unpaired) electrons. The molecule has 0 aromatic carbocycles. The molecule has 5 nitrogen and oxygen atoms in total. The van der Waals surface area contributed by atoms with Crippen molar-refractivity contribution in [2.24, 2.45) is 0 Å². The van der Waals surface area contributed by atoms with E-state index in [1.54, 1.807) is 10.9 Å². The average molecular weight is 195 g/mol. The highest BCUT2D eigenvalue weighted by molar-refractivity contribution is 7.12. The summed E-state index contributed by atoms with van der Waals surface area (Å²) in [7, 11) is 0. The second-order valence-corrected chi connectivity index (χ2v) is 3.34. The van der Waals surface area contributed by atoms with E-state index in [2.05, 4.69) is 15.1 Å². The molecule has 0 aliphatic carbocycles. The summed E-state index contributed by atoms with van der Waals surface area (Å²) < 4.78 is 1.56. The summed E-state index contributed by atoms with van der Waals surface area (Å²) in [5, 5.41) is 6.83. The molecule has 2 aromatic heterocycles. The molecule has 0 spiro atoms. The Kier molecular flexibility index (Phi) is 1.97. The maximum Gasteiger partial charge on any atom is 0.225 e. The van der Waals surface area contributed by atoms with Gasteiger partial charge in [0.15, 0.2) is 5.82 Å². The minimum Gasteiger partial charge on any atom is -0.368 e. The Hall–Kier alpha value is -1.43. The summed E-state index contributed by atoms with van der Waals surface area (Å²) in [6.07, 6.45) is 2.50. The first kappa shape index (κ1) is 8.18. The molecule has 6 heteroatoms. The van der Waals surface area contributed by atoms with Crippen LogP contribution in [-0.4, -0.2) is 19.7 Å². The van der Waals surface area contributed by atoms with Crippen LogP contribution in [0.2, 0.25) is 0 Å². The van der Waals surface area contributed by atoms with E-state index < -0.39 is 0 Å². The summed E-state index contributed by atoms with van der Waals surface area (Å²) >= 11 is 1.48. The average Bonchev–Trinajstić information content (AvgIpc) is 2.72. The van der Waals surface area contributed by atoms with E-state index in [1.165, 1.54) is 11.3 Å². The number of thiazole rings is 1. The molecule has 2 rings (SSSR count). The number of anilines is 1. The number of hydrogen-bond acceptors (Lipinski definition) is 5. The number of aromatic nitrogens is 4. The highest BCUT2D eigenvalue weighted by Gasteiger charge is 2.08. The van der Waals surface area contributed by atoms with Crippen LogP contribution in [0.1, 0.15) is 12.7 Å². The Morgan fingerprint density at radius 3 is 3.00 bits per heavy atom. The lowest BCUT2D eigenvalue weighted by Crippen LogP contribution is -2.01. The van der Waals surface area contributed by atoms with Gasteiger partial charge in [-0.25, -0.2) is 4.98 Å². The number of nitrogens with zero attached hydrogens (tertiary/aromatic N) is 4. The van der Waals surface area contributed by atoms with Crippen molar-refractivity contribution in [3.63, 3.8) is 0 Å². The first-order valence-electron chi connectivity index (χ1n) is 3.92. The van der Waals surface area contributed by atoms with Crippen LogP contribution in [-0.2, 0) is 6.42 Å². The molecule has 0 amide bonds. The molecule has 0 saturated heterocycles. The smallest absolute Gasteiger partial charge is 0.225 e. The zero-order valence-electron chi connectivity index (χ0n) is 7.14. The van der Waals surface area contributed by atoms with Crippen LogP contribution >= 0.6 is 11.3 Å². The number of nitrogens with two attached hydrogens (primary N) is 1. The molecule has 0 unspecified atom stereocenters. The largest absolute Gasteiger partial charge is 0.368 e. The minimum absolute atomic E-state index is 0.395. The Morgan fingerprint density at radius 2 is 2.46 bits per heavy atom. The summed E-state index contributed by atoms with van der Waals surface area (Å²) in [5.41, 5.74) is 5.66. The van der Waals surface area contributed by atoms with Gasteiger partial charge in [0.05, 0.1) is 0 Å². The fourth-order valence-corrected chi connectivity index (χ4v) is 1.58. The molecule has 68 valence electrons. The lowest BCUT2D eigenvalue weighted by Gasteiger charge is -1.93. The Balaban J connectivity index is 2.46. The number of rotatable bonds is 2. The van der Waals surface area contributed by atoms with Gasteiger partial charge in [0, 0.05) is 18.0 Å². The highest BCUT2D eigenvalue weighted by Crippen LogP contribution is 2.13. The number of nitrogen functional groups attached to an aromatic ring is 1. The van der Waals surface area contributed by atoms with Gasteiger partial charge < -0.3 is 5.73 Å². The molecule has 13 heavy (non-hydrogen) atoms. The summed E-state index contributed by atoms with van der Waals surface area (Å²) in [4.78, 5) is 8.18. The van der Waals surface area contributed by atoms with Crippen molar-refractivity contribution in [2.75, 3.05) is 5.73 Å². The second kappa shape index (κ2) is 3.14. The van der Waals surface area contributed by atoms with Crippen LogP contribution < -0.4 is 5.73 Å². The van der Waals surface area contributed by atoms with Gasteiger partial charge in [-0.3, -0.25) is 0 Å². The molecule has 2 aromatic rings. The monoisotopic (exact) mass is 195 g/mol. The highest BCUT2D eigenvalue weighted by atomic mass is 32.1. The van der Waals surface area contributed by atoms with Gasteiger partial charge in [0.2, 0.25) is 11.1 Å². The van der Waals surface area contributed by atoms with Crippen molar-refractivity contribution in [1.29, 1.82) is 0 Å². The number of hydrogen-bond donors (Lipinski definition) is 1. The molecule has 2 heterocycles. The zero-order valence-corrected chi connectivity index (χ0v) is 7.95. The molecule has 0 aliphatic heterocycles. The molecule has 0 atom stereocenters. The topological polar surface area (TPSA) is 69.6 Å². The third kappa shape index (κ3) is 1.40. The van der Waals surface area contributed by atoms with Crippen molar-refractivity contribution >= 4 is 17.3 Å². The van der Waals surface area contributed by atoms with Crippen molar-refractivity contribution in [3.8, 4) is 5.13 Å². The third-order valence-corrected chi connectivity index (χ3v) is 2.34. The Morgan fingerprint density at radius 1 is 1.62 bits per heavy atom. The first-order valence-corrected chi connectivity index (χ1v) is 4.80. The molecule has 2 N–H and O–H groups in total. The molecule has 0 bridgehead atoms. The molecule has 0 fully saturated rings. The maximum absolute atomic E-state index is 5.66.